The van der Waals surface area contributed by atoms with E-state index >= 15 is 0 Å². The second-order valence-electron chi connectivity index (χ2n) is 3.25. The Bertz CT molecular complexity index is 156. The molecule has 1 aliphatic carbocycles. The van der Waals surface area contributed by atoms with Gasteiger partial charge in [0.05, 0.1) is 0 Å². The molecule has 0 aliphatic heterocycles. The van der Waals surface area contributed by atoms with Gasteiger partial charge >= 0.3 is 5.97 Å². The van der Waals surface area contributed by atoms with E-state index in [0.29, 0.717) is 13.0 Å². The van der Waals surface area contributed by atoms with Crippen LogP contribution >= 0.6 is 0 Å². The van der Waals surface area contributed by atoms with Crippen molar-refractivity contribution in [2.75, 3.05) is 13.2 Å². The molecule has 1 saturated carbocycles. The summed E-state index contributed by atoms with van der Waals surface area (Å²) in [7, 11) is 0. The zero-order valence-corrected chi connectivity index (χ0v) is 7.03. The number of hydrogen-bond donors (Lipinski definition) is 2. The zero-order chi connectivity index (χ0) is 8.97. The summed E-state index contributed by atoms with van der Waals surface area (Å²) in [5, 5.41) is 8.42. The molecule has 0 amide bonds. The van der Waals surface area contributed by atoms with Gasteiger partial charge in [0.15, 0.2) is 0 Å². The monoisotopic (exact) mass is 173 g/mol. The highest BCUT2D eigenvalue weighted by Crippen LogP contribution is 2.28. The van der Waals surface area contributed by atoms with E-state index in [1.165, 1.54) is 12.8 Å². The average molecular weight is 173 g/mol. The number of ether oxygens (including phenoxy) is 1. The van der Waals surface area contributed by atoms with Crippen molar-refractivity contribution in [1.82, 2.24) is 0 Å². The first-order valence-electron chi connectivity index (χ1n) is 4.26. The van der Waals surface area contributed by atoms with Gasteiger partial charge in [-0.1, -0.05) is 0 Å². The van der Waals surface area contributed by atoms with E-state index in [-0.39, 0.29) is 0 Å². The molecule has 0 unspecified atom stereocenters. The van der Waals surface area contributed by atoms with Crippen molar-refractivity contribution < 1.29 is 14.6 Å². The molecule has 0 aromatic rings. The minimum atomic E-state index is -0.954. The molecule has 70 valence electrons. The quantitative estimate of drug-likeness (QED) is 0.563. The van der Waals surface area contributed by atoms with Gasteiger partial charge in [0.25, 0.3) is 0 Å². The van der Waals surface area contributed by atoms with Crippen LogP contribution in [0.3, 0.4) is 0 Å². The summed E-state index contributed by atoms with van der Waals surface area (Å²) < 4.78 is 5.24. The maximum absolute atomic E-state index is 10.3. The predicted octanol–water partition coefficient (Wildman–Crippen LogP) is 0.215. The fourth-order valence-corrected chi connectivity index (χ4v) is 0.868. The van der Waals surface area contributed by atoms with Gasteiger partial charge in [-0.25, -0.2) is 0 Å². The molecule has 1 aliphatic rings. The molecule has 0 radical (unpaired) electrons. The van der Waals surface area contributed by atoms with Crippen LogP contribution in [0.25, 0.3) is 0 Å². The van der Waals surface area contributed by atoms with E-state index in [1.807, 2.05) is 0 Å². The molecular weight excluding hydrogens is 158 g/mol. The van der Waals surface area contributed by atoms with Crippen molar-refractivity contribution in [3.8, 4) is 0 Å². The second kappa shape index (κ2) is 4.42. The maximum Gasteiger partial charge on any atom is 0.320 e. The van der Waals surface area contributed by atoms with E-state index in [0.717, 1.165) is 12.5 Å². The Morgan fingerprint density at radius 2 is 2.33 bits per heavy atom. The van der Waals surface area contributed by atoms with Gasteiger partial charge in [-0.05, 0) is 25.2 Å². The predicted molar refractivity (Wildman–Crippen MR) is 43.8 cm³/mol. The van der Waals surface area contributed by atoms with Crippen LogP contribution in [0.4, 0.5) is 0 Å². The number of carbonyl (C=O) groups is 1. The Hall–Kier alpha value is -0.610. The van der Waals surface area contributed by atoms with Gasteiger partial charge in [-0.15, -0.1) is 0 Å². The molecule has 1 atom stereocenters. The van der Waals surface area contributed by atoms with Gasteiger partial charge in [0.2, 0.25) is 0 Å². The first-order chi connectivity index (χ1) is 5.70. The molecule has 0 saturated heterocycles. The van der Waals surface area contributed by atoms with E-state index in [2.05, 4.69) is 0 Å². The molecule has 0 heterocycles. The summed E-state index contributed by atoms with van der Waals surface area (Å²) in [6.45, 7) is 1.23. The highest BCUT2D eigenvalue weighted by Gasteiger charge is 2.21. The van der Waals surface area contributed by atoms with E-state index < -0.39 is 12.0 Å². The highest BCUT2D eigenvalue weighted by molar-refractivity contribution is 5.72. The molecule has 0 bridgehead atoms. The standard InChI is InChI=1S/C8H15NO3/c9-7(8(10)11)3-4-12-5-6-1-2-6/h6-7H,1-5,9H2,(H,10,11)/t7-/m0/s1. The molecular formula is C8H15NO3. The Morgan fingerprint density at radius 3 is 2.83 bits per heavy atom. The van der Waals surface area contributed by atoms with Crippen LogP contribution in [0.2, 0.25) is 0 Å². The second-order valence-corrected chi connectivity index (χ2v) is 3.25. The molecule has 4 nitrogen and oxygen atoms in total. The molecule has 0 aromatic carbocycles. The summed E-state index contributed by atoms with van der Waals surface area (Å²) in [6.07, 6.45) is 2.91. The minimum absolute atomic E-state index is 0.405. The molecule has 4 heteroatoms. The molecule has 0 spiro atoms. The molecule has 12 heavy (non-hydrogen) atoms. The fraction of sp³-hybridized carbons (Fsp3) is 0.875. The Morgan fingerprint density at radius 1 is 1.67 bits per heavy atom. The summed E-state index contributed by atoms with van der Waals surface area (Å²) in [5.41, 5.74) is 5.27. The lowest BCUT2D eigenvalue weighted by atomic mass is 10.2. The highest BCUT2D eigenvalue weighted by atomic mass is 16.5. The van der Waals surface area contributed by atoms with Crippen LogP contribution in [-0.2, 0) is 9.53 Å². The first-order valence-corrected chi connectivity index (χ1v) is 4.26. The molecule has 1 fully saturated rings. The summed E-state index contributed by atoms with van der Waals surface area (Å²) in [6, 6.07) is -0.774. The van der Waals surface area contributed by atoms with Gasteiger partial charge in [0.1, 0.15) is 6.04 Å². The van der Waals surface area contributed by atoms with Crippen LogP contribution < -0.4 is 5.73 Å². The molecule has 0 aromatic heterocycles. The van der Waals surface area contributed by atoms with Crippen LogP contribution in [-0.4, -0.2) is 30.3 Å². The topological polar surface area (TPSA) is 72.5 Å². The van der Waals surface area contributed by atoms with Gasteiger partial charge < -0.3 is 15.6 Å². The SMILES string of the molecule is N[C@@H](CCOCC1CC1)C(=O)O. The third-order valence-electron chi connectivity index (χ3n) is 1.94. The first kappa shape index (κ1) is 9.48. The Kier molecular flexibility index (Phi) is 3.49. The Labute approximate surface area is 71.7 Å². The van der Waals surface area contributed by atoms with Crippen molar-refractivity contribution in [2.24, 2.45) is 11.7 Å². The lowest BCUT2D eigenvalue weighted by Gasteiger charge is -2.06. The smallest absolute Gasteiger partial charge is 0.320 e. The van der Waals surface area contributed by atoms with Crippen LogP contribution in [0.15, 0.2) is 0 Å². The van der Waals surface area contributed by atoms with E-state index in [9.17, 15) is 4.79 Å². The fourth-order valence-electron chi connectivity index (χ4n) is 0.868. The van der Waals surface area contributed by atoms with Crippen LogP contribution in [0, 0.1) is 5.92 Å². The van der Waals surface area contributed by atoms with Crippen LogP contribution in [0.1, 0.15) is 19.3 Å². The number of nitrogens with two attached hydrogens (primary N) is 1. The van der Waals surface area contributed by atoms with Gasteiger partial charge in [0, 0.05) is 13.2 Å². The van der Waals surface area contributed by atoms with E-state index in [1.54, 1.807) is 0 Å². The summed E-state index contributed by atoms with van der Waals surface area (Å²) in [4.78, 5) is 10.3. The summed E-state index contributed by atoms with van der Waals surface area (Å²) >= 11 is 0. The van der Waals surface area contributed by atoms with Gasteiger partial charge in [-0.2, -0.15) is 0 Å². The van der Waals surface area contributed by atoms with Crippen molar-refractivity contribution in [1.29, 1.82) is 0 Å². The Balaban J connectivity index is 1.89. The van der Waals surface area contributed by atoms with Crippen molar-refractivity contribution in [2.45, 2.75) is 25.3 Å². The maximum atomic E-state index is 10.3. The third kappa shape index (κ3) is 3.69. The molecule has 1 rings (SSSR count). The largest absolute Gasteiger partial charge is 0.480 e. The number of carboxylic acids is 1. The lowest BCUT2D eigenvalue weighted by molar-refractivity contribution is -0.139. The number of aliphatic carboxylic acids is 1. The number of hydrogen-bond acceptors (Lipinski definition) is 3. The summed E-state index contributed by atoms with van der Waals surface area (Å²) in [5.74, 6) is -0.226. The molecule has 3 N–H and O–H groups in total. The van der Waals surface area contributed by atoms with Crippen molar-refractivity contribution in [3.63, 3.8) is 0 Å². The van der Waals surface area contributed by atoms with Crippen molar-refractivity contribution in [3.05, 3.63) is 0 Å². The van der Waals surface area contributed by atoms with E-state index in [4.69, 9.17) is 15.6 Å². The number of carboxylic acid groups (broad SMARTS) is 1. The average Bonchev–Trinajstić information content (AvgIpc) is 2.80. The van der Waals surface area contributed by atoms with Gasteiger partial charge in [-0.3, -0.25) is 4.79 Å². The van der Waals surface area contributed by atoms with Crippen LogP contribution in [0.5, 0.6) is 0 Å². The normalized spacial score (nSPS) is 19.1. The third-order valence-corrected chi connectivity index (χ3v) is 1.94. The lowest BCUT2D eigenvalue weighted by Crippen LogP contribution is -2.31. The minimum Gasteiger partial charge on any atom is -0.480 e. The van der Waals surface area contributed by atoms with Crippen molar-refractivity contribution >= 4 is 5.97 Å². The zero-order valence-electron chi connectivity index (χ0n) is 7.03. The number of rotatable bonds is 6.